The lowest BCUT2D eigenvalue weighted by atomic mass is 9.87. The summed E-state index contributed by atoms with van der Waals surface area (Å²) in [4.78, 5) is 25.3. The Morgan fingerprint density at radius 3 is 2.43 bits per heavy atom. The van der Waals surface area contributed by atoms with Crippen molar-refractivity contribution in [2.24, 2.45) is 0 Å². The number of fused-ring (bicyclic) bond motifs is 1. The molecule has 0 saturated carbocycles. The lowest BCUT2D eigenvalue weighted by molar-refractivity contribution is 0.0499. The van der Waals surface area contributed by atoms with Gasteiger partial charge in [0, 0.05) is 15.8 Å². The van der Waals surface area contributed by atoms with Crippen LogP contribution in [0.3, 0.4) is 0 Å². The van der Waals surface area contributed by atoms with Gasteiger partial charge in [-0.05, 0) is 47.7 Å². The number of nitrogens with one attached hydrogen (secondary N) is 1. The largest absolute Gasteiger partial charge is 0.462 e. The number of unbranched alkanes of at least 4 members (excludes halogenated alkanes) is 1. The summed E-state index contributed by atoms with van der Waals surface area (Å²) < 4.78 is 6.19. The van der Waals surface area contributed by atoms with Gasteiger partial charge in [-0.2, -0.15) is 0 Å². The Morgan fingerprint density at radius 1 is 1.10 bits per heavy atom. The molecule has 0 aliphatic heterocycles. The predicted octanol–water partition coefficient (Wildman–Crippen LogP) is 7.06. The predicted molar refractivity (Wildman–Crippen MR) is 125 cm³/mol. The Kier molecular flexibility index (Phi) is 6.84. The van der Waals surface area contributed by atoms with Crippen LogP contribution in [0.2, 0.25) is 5.02 Å². The second-order valence-corrected chi connectivity index (χ2v) is 9.66. The highest BCUT2D eigenvalue weighted by atomic mass is 35.5. The van der Waals surface area contributed by atoms with Crippen LogP contribution in [0.5, 0.6) is 0 Å². The highest BCUT2D eigenvalue weighted by Gasteiger charge is 2.20. The molecule has 1 aromatic heterocycles. The normalized spacial score (nSPS) is 11.5. The summed E-state index contributed by atoms with van der Waals surface area (Å²) in [6, 6.07) is 12.8. The summed E-state index contributed by atoms with van der Waals surface area (Å²) in [6.45, 7) is 8.91. The fourth-order valence-electron chi connectivity index (χ4n) is 2.95. The molecule has 1 heterocycles. The molecule has 0 radical (unpaired) electrons. The lowest BCUT2D eigenvalue weighted by Crippen LogP contribution is -2.11. The van der Waals surface area contributed by atoms with Crippen LogP contribution in [0.15, 0.2) is 42.5 Å². The molecule has 0 atom stereocenters. The average Bonchev–Trinajstić information content (AvgIpc) is 3.04. The van der Waals surface area contributed by atoms with Gasteiger partial charge in [0.05, 0.1) is 17.2 Å². The maximum absolute atomic E-state index is 12.8. The number of halogens is 1. The zero-order chi connectivity index (χ0) is 21.9. The van der Waals surface area contributed by atoms with Gasteiger partial charge in [0.15, 0.2) is 0 Å². The van der Waals surface area contributed by atoms with Gasteiger partial charge in [0.1, 0.15) is 4.88 Å². The van der Waals surface area contributed by atoms with Gasteiger partial charge >= 0.3 is 5.97 Å². The van der Waals surface area contributed by atoms with Gasteiger partial charge in [0.2, 0.25) is 0 Å². The van der Waals surface area contributed by atoms with Gasteiger partial charge in [-0.15, -0.1) is 11.3 Å². The Hall–Kier alpha value is -2.37. The van der Waals surface area contributed by atoms with Crippen LogP contribution in [0, 0.1) is 0 Å². The third kappa shape index (κ3) is 5.02. The fourth-order valence-corrected chi connectivity index (χ4v) is 4.40. The van der Waals surface area contributed by atoms with Crippen LogP contribution in [0.1, 0.15) is 66.1 Å². The maximum atomic E-state index is 12.8. The monoisotopic (exact) mass is 443 g/mol. The number of ether oxygens (including phenoxy) is 1. The van der Waals surface area contributed by atoms with E-state index >= 15 is 0 Å². The van der Waals surface area contributed by atoms with Crippen molar-refractivity contribution in [2.45, 2.75) is 46.0 Å². The van der Waals surface area contributed by atoms with E-state index in [4.69, 9.17) is 16.3 Å². The van der Waals surface area contributed by atoms with E-state index < -0.39 is 0 Å². The molecule has 30 heavy (non-hydrogen) atoms. The highest BCUT2D eigenvalue weighted by Crippen LogP contribution is 2.38. The first-order valence-electron chi connectivity index (χ1n) is 10.0. The zero-order valence-electron chi connectivity index (χ0n) is 17.7. The molecule has 0 bridgehead atoms. The summed E-state index contributed by atoms with van der Waals surface area (Å²) in [6.07, 6.45) is 1.81. The number of hydrogen-bond donors (Lipinski definition) is 1. The molecular formula is C24H26ClNO3S. The van der Waals surface area contributed by atoms with E-state index in [0.717, 1.165) is 22.9 Å². The van der Waals surface area contributed by atoms with Gasteiger partial charge in [0.25, 0.3) is 5.91 Å². The molecule has 3 rings (SSSR count). The first kappa shape index (κ1) is 22.3. The molecule has 4 nitrogen and oxygen atoms in total. The van der Waals surface area contributed by atoms with Gasteiger partial charge in [-0.25, -0.2) is 4.79 Å². The number of amides is 1. The van der Waals surface area contributed by atoms with E-state index in [0.29, 0.717) is 27.8 Å². The molecule has 0 fully saturated rings. The molecule has 1 amide bonds. The van der Waals surface area contributed by atoms with Crippen molar-refractivity contribution in [2.75, 3.05) is 11.9 Å². The molecule has 0 aliphatic carbocycles. The van der Waals surface area contributed by atoms with Crippen molar-refractivity contribution < 1.29 is 14.3 Å². The first-order chi connectivity index (χ1) is 14.2. The van der Waals surface area contributed by atoms with Crippen molar-refractivity contribution in [3.05, 3.63) is 63.5 Å². The number of rotatable bonds is 6. The van der Waals surface area contributed by atoms with Crippen molar-refractivity contribution in [1.29, 1.82) is 0 Å². The third-order valence-corrected chi connectivity index (χ3v) is 6.47. The number of benzene rings is 2. The number of carbonyl (C=O) groups is 2. The van der Waals surface area contributed by atoms with Gasteiger partial charge < -0.3 is 10.1 Å². The molecule has 0 spiro atoms. The zero-order valence-corrected chi connectivity index (χ0v) is 19.2. The SMILES string of the molecule is CCCCOC(=O)c1ccc(NC(=O)c2sc3cc(C(C)(C)C)ccc3c2Cl)cc1. The summed E-state index contributed by atoms with van der Waals surface area (Å²) in [5.74, 6) is -0.625. The molecule has 6 heteroatoms. The first-order valence-corrected chi connectivity index (χ1v) is 11.2. The summed E-state index contributed by atoms with van der Waals surface area (Å²) in [7, 11) is 0. The second kappa shape index (κ2) is 9.19. The van der Waals surface area contributed by atoms with Crippen LogP contribution >= 0.6 is 22.9 Å². The maximum Gasteiger partial charge on any atom is 0.338 e. The van der Waals surface area contributed by atoms with Gasteiger partial charge in [-0.1, -0.05) is 57.8 Å². The Labute approximate surface area is 186 Å². The van der Waals surface area contributed by atoms with E-state index in [2.05, 4.69) is 38.2 Å². The van der Waals surface area contributed by atoms with E-state index in [9.17, 15) is 9.59 Å². The lowest BCUT2D eigenvalue weighted by Gasteiger charge is -2.18. The highest BCUT2D eigenvalue weighted by molar-refractivity contribution is 7.21. The van der Waals surface area contributed by atoms with Crippen LogP contribution in [-0.4, -0.2) is 18.5 Å². The Balaban J connectivity index is 1.75. The molecule has 1 N–H and O–H groups in total. The van der Waals surface area contributed by atoms with Crippen molar-refractivity contribution in [3.8, 4) is 0 Å². The molecule has 0 aliphatic rings. The molecule has 158 valence electrons. The smallest absolute Gasteiger partial charge is 0.338 e. The van der Waals surface area contributed by atoms with E-state index in [1.54, 1.807) is 24.3 Å². The topological polar surface area (TPSA) is 55.4 Å². The minimum atomic E-state index is -0.358. The number of hydrogen-bond acceptors (Lipinski definition) is 4. The molecule has 0 unspecified atom stereocenters. The summed E-state index contributed by atoms with van der Waals surface area (Å²) in [5.41, 5.74) is 2.26. The summed E-state index contributed by atoms with van der Waals surface area (Å²) >= 11 is 7.88. The fraction of sp³-hybridized carbons (Fsp3) is 0.333. The second-order valence-electron chi connectivity index (χ2n) is 8.23. The minimum Gasteiger partial charge on any atom is -0.462 e. The van der Waals surface area contributed by atoms with Crippen LogP contribution in [0.4, 0.5) is 5.69 Å². The minimum absolute atomic E-state index is 0.0203. The summed E-state index contributed by atoms with van der Waals surface area (Å²) in [5, 5.41) is 4.20. The van der Waals surface area contributed by atoms with Crippen LogP contribution in [-0.2, 0) is 10.2 Å². The molecule has 2 aromatic carbocycles. The standard InChI is InChI=1S/C24H26ClNO3S/c1-5-6-13-29-23(28)15-7-10-17(11-8-15)26-22(27)21-20(25)18-12-9-16(24(2,3)4)14-19(18)30-21/h7-12,14H,5-6,13H2,1-4H3,(H,26,27). The van der Waals surface area contributed by atoms with Gasteiger partial charge in [-0.3, -0.25) is 4.79 Å². The van der Waals surface area contributed by atoms with Crippen molar-refractivity contribution in [1.82, 2.24) is 0 Å². The number of anilines is 1. The van der Waals surface area contributed by atoms with Crippen molar-refractivity contribution in [3.63, 3.8) is 0 Å². The van der Waals surface area contributed by atoms with E-state index in [1.165, 1.54) is 16.9 Å². The third-order valence-electron chi connectivity index (χ3n) is 4.81. The number of carbonyl (C=O) groups excluding carboxylic acids is 2. The quantitative estimate of drug-likeness (QED) is 0.327. The number of esters is 1. The van der Waals surface area contributed by atoms with E-state index in [1.807, 2.05) is 13.0 Å². The Bertz CT molecular complexity index is 1060. The Morgan fingerprint density at radius 2 is 1.80 bits per heavy atom. The van der Waals surface area contributed by atoms with E-state index in [-0.39, 0.29) is 17.3 Å². The van der Waals surface area contributed by atoms with Crippen molar-refractivity contribution >= 4 is 50.6 Å². The van der Waals surface area contributed by atoms with Crippen LogP contribution < -0.4 is 5.32 Å². The molecule has 3 aromatic rings. The van der Waals surface area contributed by atoms with Crippen LogP contribution in [0.25, 0.3) is 10.1 Å². The molecule has 0 saturated heterocycles. The number of thiophene rings is 1. The average molecular weight is 444 g/mol. The molecular weight excluding hydrogens is 418 g/mol.